The van der Waals surface area contributed by atoms with Gasteiger partial charge in [-0.2, -0.15) is 13.2 Å². The van der Waals surface area contributed by atoms with Crippen molar-refractivity contribution >= 4 is 28.4 Å². The van der Waals surface area contributed by atoms with Crippen LogP contribution in [0.1, 0.15) is 26.4 Å². The van der Waals surface area contributed by atoms with Crippen LogP contribution in [0.5, 0.6) is 11.5 Å². The fourth-order valence-electron chi connectivity index (χ4n) is 3.23. The summed E-state index contributed by atoms with van der Waals surface area (Å²) in [6.45, 7) is 0. The molecule has 0 spiro atoms. The minimum Gasteiger partial charge on any atom is -0.457 e. The molecule has 11 heteroatoms. The molecule has 2 aromatic heterocycles. The number of ether oxygens (including phenoxy) is 1. The lowest BCUT2D eigenvalue weighted by atomic mass is 10.1. The summed E-state index contributed by atoms with van der Waals surface area (Å²) in [6.07, 6.45) is -2.05. The summed E-state index contributed by atoms with van der Waals surface area (Å²) in [4.78, 5) is 43.6. The van der Waals surface area contributed by atoms with Crippen molar-refractivity contribution < 1.29 is 27.5 Å². The molecular weight excluding hydrogens is 465 g/mol. The monoisotopic (exact) mass is 482 g/mol. The Morgan fingerprint density at radius 2 is 1.71 bits per heavy atom. The molecule has 4 rings (SSSR count). The Morgan fingerprint density at radius 3 is 2.40 bits per heavy atom. The van der Waals surface area contributed by atoms with Crippen LogP contribution in [-0.4, -0.2) is 28.8 Å². The number of halogens is 3. The second-order valence-corrected chi connectivity index (χ2v) is 7.33. The Balaban J connectivity index is 1.51. The number of nitrogens with zero attached hydrogens (tertiary/aromatic N) is 1. The highest BCUT2D eigenvalue weighted by Gasteiger charge is 2.31. The first-order valence-corrected chi connectivity index (χ1v) is 10.2. The van der Waals surface area contributed by atoms with Crippen LogP contribution in [-0.2, 0) is 6.18 Å². The highest BCUT2D eigenvalue weighted by Crippen LogP contribution is 2.30. The fraction of sp³-hybridized carbons (Fsp3) is 0.0833. The summed E-state index contributed by atoms with van der Waals surface area (Å²) in [7, 11) is 1.48. The van der Waals surface area contributed by atoms with E-state index in [4.69, 9.17) is 4.74 Å². The number of aromatic nitrogens is 2. The molecule has 0 bridgehead atoms. The molecule has 0 atom stereocenters. The van der Waals surface area contributed by atoms with E-state index in [-0.39, 0.29) is 28.1 Å². The van der Waals surface area contributed by atoms with Gasteiger partial charge in [-0.05, 0) is 48.5 Å². The number of anilines is 1. The summed E-state index contributed by atoms with van der Waals surface area (Å²) in [5.41, 5.74) is -1.47. The molecule has 0 aliphatic heterocycles. The zero-order valence-electron chi connectivity index (χ0n) is 18.1. The minimum atomic E-state index is -4.62. The summed E-state index contributed by atoms with van der Waals surface area (Å²) < 4.78 is 44.7. The van der Waals surface area contributed by atoms with Crippen molar-refractivity contribution in [1.82, 2.24) is 15.3 Å². The predicted octanol–water partition coefficient (Wildman–Crippen LogP) is 4.35. The predicted molar refractivity (Wildman–Crippen MR) is 122 cm³/mol. The molecule has 0 saturated carbocycles. The van der Waals surface area contributed by atoms with E-state index in [0.29, 0.717) is 23.3 Å². The van der Waals surface area contributed by atoms with E-state index >= 15 is 0 Å². The van der Waals surface area contributed by atoms with Gasteiger partial charge < -0.3 is 20.4 Å². The molecule has 0 unspecified atom stereocenters. The number of fused-ring (bicyclic) bond motifs is 1. The van der Waals surface area contributed by atoms with Crippen molar-refractivity contribution in [1.29, 1.82) is 0 Å². The summed E-state index contributed by atoms with van der Waals surface area (Å²) >= 11 is 0. The van der Waals surface area contributed by atoms with Gasteiger partial charge in [-0.1, -0.05) is 0 Å². The van der Waals surface area contributed by atoms with E-state index in [1.165, 1.54) is 31.4 Å². The maximum absolute atomic E-state index is 13.0. The number of carbonyl (C=O) groups is 2. The molecule has 0 aliphatic rings. The lowest BCUT2D eigenvalue weighted by Crippen LogP contribution is -2.22. The SMILES string of the molecule is CNC(=O)c1cc(Oc2ccc(NC(=O)c3c[nH]c4ccc(C(F)(F)F)cc4c3=O)cc2)ccn1. The van der Waals surface area contributed by atoms with Crippen molar-refractivity contribution in [3.8, 4) is 11.5 Å². The van der Waals surface area contributed by atoms with E-state index in [2.05, 4.69) is 20.6 Å². The molecule has 35 heavy (non-hydrogen) atoms. The molecule has 178 valence electrons. The second kappa shape index (κ2) is 9.29. The Hall–Kier alpha value is -4.67. The van der Waals surface area contributed by atoms with Crippen LogP contribution < -0.4 is 20.8 Å². The number of nitrogens with one attached hydrogen (secondary N) is 3. The zero-order chi connectivity index (χ0) is 25.2. The standard InChI is InChI=1S/C24H17F3N4O4/c1-28-23(34)20-11-16(8-9-29-20)35-15-5-3-14(4-6-15)31-22(33)18-12-30-19-7-2-13(24(25,26)27)10-17(19)21(18)32/h2-12H,1H3,(H,28,34)(H,30,32)(H,31,33). The van der Waals surface area contributed by atoms with E-state index in [1.54, 1.807) is 18.2 Å². The molecule has 0 aliphatic carbocycles. The van der Waals surface area contributed by atoms with Gasteiger partial charge in [0.15, 0.2) is 0 Å². The zero-order valence-corrected chi connectivity index (χ0v) is 18.1. The second-order valence-electron chi connectivity index (χ2n) is 7.33. The van der Waals surface area contributed by atoms with E-state index in [1.807, 2.05) is 0 Å². The number of alkyl halides is 3. The fourth-order valence-corrected chi connectivity index (χ4v) is 3.23. The van der Waals surface area contributed by atoms with Crippen LogP contribution in [0.3, 0.4) is 0 Å². The molecule has 2 amide bonds. The molecule has 3 N–H and O–H groups in total. The van der Waals surface area contributed by atoms with Crippen LogP contribution >= 0.6 is 0 Å². The van der Waals surface area contributed by atoms with Gasteiger partial charge in [-0.25, -0.2) is 0 Å². The average Bonchev–Trinajstić information content (AvgIpc) is 2.84. The van der Waals surface area contributed by atoms with Crippen molar-refractivity contribution in [2.45, 2.75) is 6.18 Å². The lowest BCUT2D eigenvalue weighted by Gasteiger charge is -2.10. The van der Waals surface area contributed by atoms with Gasteiger partial charge in [-0.15, -0.1) is 0 Å². The molecule has 8 nitrogen and oxygen atoms in total. The van der Waals surface area contributed by atoms with Gasteiger partial charge in [0.2, 0.25) is 5.43 Å². The highest BCUT2D eigenvalue weighted by molar-refractivity contribution is 6.05. The highest BCUT2D eigenvalue weighted by atomic mass is 19.4. The van der Waals surface area contributed by atoms with Crippen molar-refractivity contribution in [2.24, 2.45) is 0 Å². The number of benzene rings is 2. The molecule has 0 fully saturated rings. The normalized spacial score (nSPS) is 11.2. The third kappa shape index (κ3) is 5.13. The summed E-state index contributed by atoms with van der Waals surface area (Å²) in [6, 6.07) is 11.9. The average molecular weight is 482 g/mol. The number of H-pyrrole nitrogens is 1. The number of rotatable bonds is 5. The van der Waals surface area contributed by atoms with Gasteiger partial charge in [0.1, 0.15) is 22.8 Å². The maximum Gasteiger partial charge on any atom is 0.416 e. The van der Waals surface area contributed by atoms with Crippen LogP contribution in [0.2, 0.25) is 0 Å². The first kappa shape index (κ1) is 23.5. The third-order valence-electron chi connectivity index (χ3n) is 4.99. The number of hydrogen-bond donors (Lipinski definition) is 3. The number of amides is 2. The lowest BCUT2D eigenvalue weighted by molar-refractivity contribution is -0.137. The molecule has 0 saturated heterocycles. The Kier molecular flexibility index (Phi) is 6.24. The Morgan fingerprint density at radius 1 is 0.971 bits per heavy atom. The Labute approximate surface area is 195 Å². The van der Waals surface area contributed by atoms with E-state index < -0.39 is 23.1 Å². The van der Waals surface area contributed by atoms with Crippen LogP contribution in [0.4, 0.5) is 18.9 Å². The smallest absolute Gasteiger partial charge is 0.416 e. The molecule has 0 radical (unpaired) electrons. The van der Waals surface area contributed by atoms with Gasteiger partial charge in [0, 0.05) is 42.1 Å². The van der Waals surface area contributed by atoms with Gasteiger partial charge >= 0.3 is 6.18 Å². The van der Waals surface area contributed by atoms with Crippen LogP contribution in [0.15, 0.2) is 71.8 Å². The number of carbonyl (C=O) groups excluding carboxylic acids is 2. The van der Waals surface area contributed by atoms with Crippen LogP contribution in [0, 0.1) is 0 Å². The quantitative estimate of drug-likeness (QED) is 0.392. The minimum absolute atomic E-state index is 0.178. The van der Waals surface area contributed by atoms with Gasteiger partial charge in [0.05, 0.1) is 5.56 Å². The molecular formula is C24H17F3N4O4. The number of aromatic amines is 1. The van der Waals surface area contributed by atoms with Gasteiger partial charge in [-0.3, -0.25) is 19.4 Å². The number of hydrogen-bond acceptors (Lipinski definition) is 5. The largest absolute Gasteiger partial charge is 0.457 e. The Bertz CT molecular complexity index is 1480. The topological polar surface area (TPSA) is 113 Å². The molecule has 4 aromatic rings. The summed E-state index contributed by atoms with van der Waals surface area (Å²) in [5, 5.41) is 4.75. The first-order valence-electron chi connectivity index (χ1n) is 10.2. The van der Waals surface area contributed by atoms with E-state index in [0.717, 1.165) is 18.3 Å². The third-order valence-corrected chi connectivity index (χ3v) is 4.99. The summed E-state index contributed by atoms with van der Waals surface area (Å²) in [5.74, 6) is -0.382. The maximum atomic E-state index is 13.0. The van der Waals surface area contributed by atoms with Gasteiger partial charge in [0.25, 0.3) is 11.8 Å². The van der Waals surface area contributed by atoms with Crippen LogP contribution in [0.25, 0.3) is 10.9 Å². The molecule has 2 aromatic carbocycles. The first-order chi connectivity index (χ1) is 16.7. The van der Waals surface area contributed by atoms with E-state index in [9.17, 15) is 27.6 Å². The number of pyridine rings is 2. The van der Waals surface area contributed by atoms with Crippen molar-refractivity contribution in [3.63, 3.8) is 0 Å². The van der Waals surface area contributed by atoms with Crippen molar-refractivity contribution in [2.75, 3.05) is 12.4 Å². The van der Waals surface area contributed by atoms with Crippen molar-refractivity contribution in [3.05, 3.63) is 94.0 Å². The molecule has 2 heterocycles.